The number of ether oxygens (including phenoxy) is 1. The summed E-state index contributed by atoms with van der Waals surface area (Å²) in [7, 11) is 0. The summed E-state index contributed by atoms with van der Waals surface area (Å²) in [5.74, 6) is 1.35. The summed E-state index contributed by atoms with van der Waals surface area (Å²) in [6.07, 6.45) is 1.88. The van der Waals surface area contributed by atoms with Crippen LogP contribution in [0.15, 0.2) is 48.5 Å². The van der Waals surface area contributed by atoms with Crippen molar-refractivity contribution >= 4 is 5.78 Å². The number of hydrogen-bond acceptors (Lipinski definition) is 4. The van der Waals surface area contributed by atoms with E-state index in [0.29, 0.717) is 29.8 Å². The SMILES string of the molecule is CC(=O)c1ccc(OC[C@@H](O)CN[C@@H](c2ccc(C)cc2)C2CC2)cc1. The molecule has 4 nitrogen and oxygen atoms in total. The van der Waals surface area contributed by atoms with Gasteiger partial charge in [-0.3, -0.25) is 4.79 Å². The monoisotopic (exact) mass is 353 g/mol. The number of ketones is 1. The van der Waals surface area contributed by atoms with Gasteiger partial charge in [-0.25, -0.2) is 0 Å². The zero-order valence-electron chi connectivity index (χ0n) is 15.4. The van der Waals surface area contributed by atoms with Gasteiger partial charge in [-0.2, -0.15) is 0 Å². The van der Waals surface area contributed by atoms with Crippen LogP contribution in [0.4, 0.5) is 0 Å². The highest BCUT2D eigenvalue weighted by molar-refractivity contribution is 5.94. The van der Waals surface area contributed by atoms with Gasteiger partial charge in [-0.05, 0) is 62.4 Å². The first-order valence-electron chi connectivity index (χ1n) is 9.25. The molecule has 2 N–H and O–H groups in total. The van der Waals surface area contributed by atoms with Gasteiger partial charge in [0.25, 0.3) is 0 Å². The van der Waals surface area contributed by atoms with E-state index >= 15 is 0 Å². The van der Waals surface area contributed by atoms with E-state index in [1.807, 2.05) is 0 Å². The minimum absolute atomic E-state index is 0.0306. The molecule has 0 heterocycles. The van der Waals surface area contributed by atoms with Crippen molar-refractivity contribution in [3.05, 3.63) is 65.2 Å². The number of hydrogen-bond donors (Lipinski definition) is 2. The minimum Gasteiger partial charge on any atom is -0.491 e. The van der Waals surface area contributed by atoms with E-state index in [9.17, 15) is 9.90 Å². The number of benzene rings is 2. The molecule has 0 aliphatic heterocycles. The summed E-state index contributed by atoms with van der Waals surface area (Å²) in [5.41, 5.74) is 3.20. The predicted octanol–water partition coefficient (Wildman–Crippen LogP) is 3.68. The van der Waals surface area contributed by atoms with Crippen LogP contribution in [0.3, 0.4) is 0 Å². The van der Waals surface area contributed by atoms with Crippen molar-refractivity contribution in [1.82, 2.24) is 5.32 Å². The van der Waals surface area contributed by atoms with Crippen LogP contribution < -0.4 is 10.1 Å². The lowest BCUT2D eigenvalue weighted by molar-refractivity contribution is 0.101. The summed E-state index contributed by atoms with van der Waals surface area (Å²) in [6.45, 7) is 4.33. The van der Waals surface area contributed by atoms with E-state index in [1.54, 1.807) is 24.3 Å². The van der Waals surface area contributed by atoms with Gasteiger partial charge in [0.15, 0.2) is 5.78 Å². The lowest BCUT2D eigenvalue weighted by atomic mass is 10.0. The van der Waals surface area contributed by atoms with E-state index in [1.165, 1.54) is 30.9 Å². The normalized spacial score (nSPS) is 16.1. The molecule has 138 valence electrons. The molecular weight excluding hydrogens is 326 g/mol. The molecule has 0 saturated heterocycles. The molecule has 2 aromatic rings. The lowest BCUT2D eigenvalue weighted by Crippen LogP contribution is -2.34. The highest BCUT2D eigenvalue weighted by atomic mass is 16.5. The predicted molar refractivity (Wildman–Crippen MR) is 103 cm³/mol. The Morgan fingerprint density at radius 3 is 2.38 bits per heavy atom. The Morgan fingerprint density at radius 1 is 1.15 bits per heavy atom. The van der Waals surface area contributed by atoms with Crippen molar-refractivity contribution in [3.63, 3.8) is 0 Å². The molecule has 1 aliphatic carbocycles. The number of aliphatic hydroxyl groups excluding tert-OH is 1. The summed E-state index contributed by atoms with van der Waals surface area (Å²) < 4.78 is 5.63. The van der Waals surface area contributed by atoms with Crippen LogP contribution >= 0.6 is 0 Å². The van der Waals surface area contributed by atoms with Crippen molar-refractivity contribution in [2.45, 2.75) is 38.8 Å². The average Bonchev–Trinajstić information content (AvgIpc) is 3.47. The first kappa shape index (κ1) is 18.6. The zero-order chi connectivity index (χ0) is 18.5. The second-order valence-corrected chi connectivity index (χ2v) is 7.18. The summed E-state index contributed by atoms with van der Waals surface area (Å²) in [6, 6.07) is 15.9. The molecule has 3 rings (SSSR count). The van der Waals surface area contributed by atoms with Crippen molar-refractivity contribution in [2.75, 3.05) is 13.2 Å². The molecule has 0 spiro atoms. The maximum atomic E-state index is 11.3. The highest BCUT2D eigenvalue weighted by Crippen LogP contribution is 2.41. The molecule has 26 heavy (non-hydrogen) atoms. The molecule has 1 aliphatic rings. The first-order valence-corrected chi connectivity index (χ1v) is 9.25. The topological polar surface area (TPSA) is 58.6 Å². The molecule has 0 amide bonds. The number of aliphatic hydroxyl groups is 1. The van der Waals surface area contributed by atoms with Crippen LogP contribution in [0.25, 0.3) is 0 Å². The third kappa shape index (κ3) is 5.16. The van der Waals surface area contributed by atoms with Crippen LogP contribution in [0.5, 0.6) is 5.75 Å². The minimum atomic E-state index is -0.589. The molecule has 0 unspecified atom stereocenters. The van der Waals surface area contributed by atoms with Crippen LogP contribution in [0.1, 0.15) is 47.3 Å². The van der Waals surface area contributed by atoms with E-state index in [-0.39, 0.29) is 12.4 Å². The summed E-state index contributed by atoms with van der Waals surface area (Å²) >= 11 is 0. The van der Waals surface area contributed by atoms with Gasteiger partial charge < -0.3 is 15.2 Å². The van der Waals surface area contributed by atoms with Crippen LogP contribution in [-0.2, 0) is 0 Å². The lowest BCUT2D eigenvalue weighted by Gasteiger charge is -2.21. The summed E-state index contributed by atoms with van der Waals surface area (Å²) in [4.78, 5) is 11.3. The molecule has 1 saturated carbocycles. The van der Waals surface area contributed by atoms with E-state index in [0.717, 1.165) is 0 Å². The van der Waals surface area contributed by atoms with Crippen LogP contribution in [-0.4, -0.2) is 30.1 Å². The van der Waals surface area contributed by atoms with E-state index in [4.69, 9.17) is 4.74 Å². The molecular formula is C22H27NO3. The van der Waals surface area contributed by atoms with Gasteiger partial charge in [0.05, 0.1) is 0 Å². The van der Waals surface area contributed by atoms with E-state index in [2.05, 4.69) is 36.5 Å². The van der Waals surface area contributed by atoms with Gasteiger partial charge in [0, 0.05) is 18.2 Å². The highest BCUT2D eigenvalue weighted by Gasteiger charge is 2.32. The Balaban J connectivity index is 1.48. The fourth-order valence-corrected chi connectivity index (χ4v) is 3.06. The Morgan fingerprint density at radius 2 is 1.81 bits per heavy atom. The van der Waals surface area contributed by atoms with Gasteiger partial charge in [0.1, 0.15) is 18.5 Å². The smallest absolute Gasteiger partial charge is 0.159 e. The number of aryl methyl sites for hydroxylation is 1. The van der Waals surface area contributed by atoms with E-state index < -0.39 is 6.10 Å². The molecule has 4 heteroatoms. The fraction of sp³-hybridized carbons (Fsp3) is 0.409. The van der Waals surface area contributed by atoms with Crippen molar-refractivity contribution < 1.29 is 14.6 Å². The maximum absolute atomic E-state index is 11.3. The third-order valence-electron chi connectivity index (χ3n) is 4.81. The van der Waals surface area contributed by atoms with Crippen molar-refractivity contribution in [3.8, 4) is 5.75 Å². The van der Waals surface area contributed by atoms with Crippen LogP contribution in [0, 0.1) is 12.8 Å². The van der Waals surface area contributed by atoms with Crippen molar-refractivity contribution in [2.24, 2.45) is 5.92 Å². The quantitative estimate of drug-likeness (QED) is 0.675. The van der Waals surface area contributed by atoms with Gasteiger partial charge in [-0.15, -0.1) is 0 Å². The standard InChI is InChI=1S/C22H27NO3/c1-15-3-5-18(6-4-15)22(19-7-8-19)23-13-20(25)14-26-21-11-9-17(10-12-21)16(2)24/h3-6,9-12,19-20,22-23,25H,7-8,13-14H2,1-2H3/t20-,22-/m0/s1. The Hall–Kier alpha value is -2.17. The Labute approximate surface area is 155 Å². The van der Waals surface area contributed by atoms with Crippen molar-refractivity contribution in [1.29, 1.82) is 0 Å². The van der Waals surface area contributed by atoms with Gasteiger partial charge in [0.2, 0.25) is 0 Å². The maximum Gasteiger partial charge on any atom is 0.159 e. The number of carbonyl (C=O) groups excluding carboxylic acids is 1. The summed E-state index contributed by atoms with van der Waals surface area (Å²) in [5, 5.41) is 13.8. The molecule has 2 atom stereocenters. The Kier molecular flexibility index (Phi) is 6.07. The molecule has 0 bridgehead atoms. The largest absolute Gasteiger partial charge is 0.491 e. The second-order valence-electron chi connectivity index (χ2n) is 7.18. The van der Waals surface area contributed by atoms with Gasteiger partial charge in [-0.1, -0.05) is 29.8 Å². The van der Waals surface area contributed by atoms with Crippen LogP contribution in [0.2, 0.25) is 0 Å². The fourth-order valence-electron chi connectivity index (χ4n) is 3.06. The number of nitrogens with one attached hydrogen (secondary N) is 1. The molecule has 1 fully saturated rings. The third-order valence-corrected chi connectivity index (χ3v) is 4.81. The number of rotatable bonds is 9. The first-order chi connectivity index (χ1) is 12.5. The van der Waals surface area contributed by atoms with Gasteiger partial charge >= 0.3 is 0 Å². The number of carbonyl (C=O) groups is 1. The zero-order valence-corrected chi connectivity index (χ0v) is 15.4. The number of Topliss-reactive ketones (excluding diaryl/α,β-unsaturated/α-hetero) is 1. The molecule has 0 radical (unpaired) electrons. The average molecular weight is 353 g/mol. The Bertz CT molecular complexity index is 720. The molecule has 2 aromatic carbocycles. The second kappa shape index (κ2) is 8.47. The molecule has 0 aromatic heterocycles.